The average Bonchev–Trinajstić information content (AvgIpc) is 2.64. The van der Waals surface area contributed by atoms with Crippen molar-refractivity contribution in [3.8, 4) is 0 Å². The molecular formula is C18H29N3. The molecule has 2 N–H and O–H groups in total. The summed E-state index contributed by atoms with van der Waals surface area (Å²) in [6.45, 7) is 12.1. The summed E-state index contributed by atoms with van der Waals surface area (Å²) in [6.07, 6.45) is 2.98. The second kappa shape index (κ2) is 6.18. The van der Waals surface area contributed by atoms with Gasteiger partial charge in [-0.1, -0.05) is 33.8 Å². The molecule has 1 heterocycles. The van der Waals surface area contributed by atoms with Gasteiger partial charge in [-0.05, 0) is 42.9 Å². The minimum Gasteiger partial charge on any atom is -0.328 e. The lowest BCUT2D eigenvalue weighted by molar-refractivity contribution is 0.335. The molecule has 3 heteroatoms. The van der Waals surface area contributed by atoms with Crippen molar-refractivity contribution in [1.29, 1.82) is 0 Å². The van der Waals surface area contributed by atoms with E-state index in [1.807, 2.05) is 0 Å². The molecule has 1 atom stereocenters. The van der Waals surface area contributed by atoms with Crippen LogP contribution in [0.15, 0.2) is 18.2 Å². The highest BCUT2D eigenvalue weighted by atomic mass is 15.1. The predicted molar refractivity (Wildman–Crippen MR) is 90.5 cm³/mol. The van der Waals surface area contributed by atoms with E-state index in [9.17, 15) is 0 Å². The molecule has 0 radical (unpaired) electrons. The molecular weight excluding hydrogens is 258 g/mol. The number of fused-ring (bicyclic) bond motifs is 1. The Balaban J connectivity index is 2.31. The van der Waals surface area contributed by atoms with Crippen LogP contribution in [0.3, 0.4) is 0 Å². The van der Waals surface area contributed by atoms with Gasteiger partial charge in [0.25, 0.3) is 0 Å². The smallest absolute Gasteiger partial charge is 0.111 e. The van der Waals surface area contributed by atoms with Crippen LogP contribution in [0.2, 0.25) is 0 Å². The predicted octanol–water partition coefficient (Wildman–Crippen LogP) is 4.06. The summed E-state index contributed by atoms with van der Waals surface area (Å²) >= 11 is 0. The molecule has 21 heavy (non-hydrogen) atoms. The Morgan fingerprint density at radius 2 is 2.00 bits per heavy atom. The van der Waals surface area contributed by atoms with Gasteiger partial charge in [-0.15, -0.1) is 0 Å². The monoisotopic (exact) mass is 287 g/mol. The number of aryl methyl sites for hydroxylation is 2. The normalized spacial score (nSPS) is 13.8. The van der Waals surface area contributed by atoms with Crippen LogP contribution in [0.5, 0.6) is 0 Å². The second-order valence-corrected chi connectivity index (χ2v) is 7.40. The van der Waals surface area contributed by atoms with E-state index in [2.05, 4.69) is 57.4 Å². The summed E-state index contributed by atoms with van der Waals surface area (Å²) < 4.78 is 2.34. The summed E-state index contributed by atoms with van der Waals surface area (Å²) in [4.78, 5) is 4.85. The van der Waals surface area contributed by atoms with Crippen LogP contribution < -0.4 is 5.73 Å². The van der Waals surface area contributed by atoms with Crippen molar-refractivity contribution in [3.05, 3.63) is 29.6 Å². The molecule has 1 unspecified atom stereocenters. The van der Waals surface area contributed by atoms with E-state index in [-0.39, 0.29) is 11.5 Å². The number of nitrogens with zero attached hydrogens (tertiary/aromatic N) is 2. The number of nitrogens with two attached hydrogens (primary N) is 1. The SMILES string of the molecule is CCCn1c(CC(N)CC(C)(C)C)nc2cc(C)ccc21. The molecule has 0 bridgehead atoms. The zero-order valence-electron chi connectivity index (χ0n) is 14.1. The molecule has 2 rings (SSSR count). The number of imidazole rings is 1. The molecule has 0 spiro atoms. The minimum atomic E-state index is 0.165. The van der Waals surface area contributed by atoms with Gasteiger partial charge in [-0.2, -0.15) is 0 Å². The van der Waals surface area contributed by atoms with Crippen LogP contribution in [0.25, 0.3) is 11.0 Å². The fourth-order valence-electron chi connectivity index (χ4n) is 3.01. The molecule has 3 nitrogen and oxygen atoms in total. The summed E-state index contributed by atoms with van der Waals surface area (Å²) in [5.41, 5.74) is 10.2. The molecule has 0 aliphatic carbocycles. The van der Waals surface area contributed by atoms with Gasteiger partial charge in [-0.25, -0.2) is 4.98 Å². The fraction of sp³-hybridized carbons (Fsp3) is 0.611. The van der Waals surface area contributed by atoms with E-state index in [4.69, 9.17) is 10.7 Å². The number of hydrogen-bond donors (Lipinski definition) is 1. The Bertz CT molecular complexity index is 605. The Morgan fingerprint density at radius 3 is 2.62 bits per heavy atom. The lowest BCUT2D eigenvalue weighted by Crippen LogP contribution is -2.29. The zero-order valence-corrected chi connectivity index (χ0v) is 14.1. The van der Waals surface area contributed by atoms with Gasteiger partial charge in [0.15, 0.2) is 0 Å². The Kier molecular flexibility index (Phi) is 4.72. The summed E-state index contributed by atoms with van der Waals surface area (Å²) in [5.74, 6) is 1.13. The van der Waals surface area contributed by atoms with Crippen molar-refractivity contribution in [3.63, 3.8) is 0 Å². The molecule has 2 aromatic rings. The summed E-state index contributed by atoms with van der Waals surface area (Å²) in [6, 6.07) is 6.68. The van der Waals surface area contributed by atoms with Gasteiger partial charge in [-0.3, -0.25) is 0 Å². The third kappa shape index (κ3) is 4.07. The van der Waals surface area contributed by atoms with E-state index in [0.29, 0.717) is 0 Å². The number of rotatable bonds is 5. The maximum absolute atomic E-state index is 6.36. The minimum absolute atomic E-state index is 0.165. The van der Waals surface area contributed by atoms with Crippen LogP contribution >= 0.6 is 0 Å². The summed E-state index contributed by atoms with van der Waals surface area (Å²) in [5, 5.41) is 0. The Hall–Kier alpha value is -1.35. The van der Waals surface area contributed by atoms with Crippen molar-refractivity contribution in [2.75, 3.05) is 0 Å². The molecule has 0 saturated carbocycles. The lowest BCUT2D eigenvalue weighted by atomic mass is 9.87. The molecule has 0 fully saturated rings. The van der Waals surface area contributed by atoms with Crippen molar-refractivity contribution in [1.82, 2.24) is 9.55 Å². The van der Waals surface area contributed by atoms with Crippen LogP contribution in [-0.2, 0) is 13.0 Å². The quantitative estimate of drug-likeness (QED) is 0.901. The third-order valence-corrected chi connectivity index (χ3v) is 3.75. The van der Waals surface area contributed by atoms with Gasteiger partial charge < -0.3 is 10.3 Å². The topological polar surface area (TPSA) is 43.8 Å². The van der Waals surface area contributed by atoms with Crippen LogP contribution in [0.1, 0.15) is 51.9 Å². The van der Waals surface area contributed by atoms with Crippen molar-refractivity contribution in [2.45, 2.75) is 66.5 Å². The zero-order chi connectivity index (χ0) is 15.6. The molecule has 116 valence electrons. The molecule has 0 amide bonds. The van der Waals surface area contributed by atoms with Gasteiger partial charge in [0, 0.05) is 19.0 Å². The van der Waals surface area contributed by atoms with Crippen LogP contribution in [0, 0.1) is 12.3 Å². The first kappa shape index (κ1) is 16.0. The largest absolute Gasteiger partial charge is 0.328 e. The number of aromatic nitrogens is 2. The third-order valence-electron chi connectivity index (χ3n) is 3.75. The first-order valence-electron chi connectivity index (χ1n) is 8.01. The highest BCUT2D eigenvalue weighted by Gasteiger charge is 2.19. The van der Waals surface area contributed by atoms with E-state index in [1.165, 1.54) is 11.1 Å². The number of hydrogen-bond acceptors (Lipinski definition) is 2. The van der Waals surface area contributed by atoms with E-state index < -0.39 is 0 Å². The van der Waals surface area contributed by atoms with E-state index >= 15 is 0 Å². The highest BCUT2D eigenvalue weighted by molar-refractivity contribution is 5.76. The second-order valence-electron chi connectivity index (χ2n) is 7.40. The van der Waals surface area contributed by atoms with Gasteiger partial charge in [0.1, 0.15) is 5.82 Å². The van der Waals surface area contributed by atoms with Crippen molar-refractivity contribution < 1.29 is 0 Å². The highest BCUT2D eigenvalue weighted by Crippen LogP contribution is 2.23. The first-order chi connectivity index (χ1) is 9.80. The van der Waals surface area contributed by atoms with Crippen molar-refractivity contribution in [2.24, 2.45) is 11.1 Å². The average molecular weight is 287 g/mol. The molecule has 0 aliphatic heterocycles. The van der Waals surface area contributed by atoms with E-state index in [1.54, 1.807) is 0 Å². The molecule has 1 aromatic carbocycles. The number of benzene rings is 1. The lowest BCUT2D eigenvalue weighted by Gasteiger charge is -2.23. The molecule has 0 aliphatic rings. The molecule has 0 saturated heterocycles. The standard InChI is InChI=1S/C18H29N3/c1-6-9-21-16-8-7-13(2)10-15(16)20-17(21)11-14(19)12-18(3,4)5/h7-8,10,14H,6,9,11-12,19H2,1-5H3. The van der Waals surface area contributed by atoms with Crippen molar-refractivity contribution >= 4 is 11.0 Å². The fourth-order valence-corrected chi connectivity index (χ4v) is 3.01. The summed E-state index contributed by atoms with van der Waals surface area (Å²) in [7, 11) is 0. The Morgan fingerprint density at radius 1 is 1.29 bits per heavy atom. The maximum atomic E-state index is 6.36. The first-order valence-corrected chi connectivity index (χ1v) is 8.01. The van der Waals surface area contributed by atoms with Gasteiger partial charge in [0.2, 0.25) is 0 Å². The Labute approximate surface area is 128 Å². The van der Waals surface area contributed by atoms with E-state index in [0.717, 1.165) is 37.1 Å². The van der Waals surface area contributed by atoms with Crippen LogP contribution in [-0.4, -0.2) is 15.6 Å². The van der Waals surface area contributed by atoms with Gasteiger partial charge in [0.05, 0.1) is 11.0 Å². The van der Waals surface area contributed by atoms with Gasteiger partial charge >= 0.3 is 0 Å². The van der Waals surface area contributed by atoms with Crippen LogP contribution in [0.4, 0.5) is 0 Å². The molecule has 1 aromatic heterocycles. The maximum Gasteiger partial charge on any atom is 0.111 e.